The quantitative estimate of drug-likeness (QED) is 0.0265. The molecule has 0 bridgehead atoms. The van der Waals surface area contributed by atoms with Gasteiger partial charge in [0.25, 0.3) is 0 Å². The number of hydrogen-bond donors (Lipinski definition) is 3. The van der Waals surface area contributed by atoms with Crippen molar-refractivity contribution in [1.82, 2.24) is 0 Å². The number of fused-ring (bicyclic) bond motifs is 9. The summed E-state index contributed by atoms with van der Waals surface area (Å²) in [5, 5.41) is 27.4. The van der Waals surface area contributed by atoms with Gasteiger partial charge in [0.05, 0.1) is 81.7 Å². The molecule has 3 N–H and O–H groups in total. The van der Waals surface area contributed by atoms with Crippen LogP contribution in [0.5, 0.6) is 69.0 Å². The summed E-state index contributed by atoms with van der Waals surface area (Å²) in [6.07, 6.45) is 15.1. The van der Waals surface area contributed by atoms with Crippen molar-refractivity contribution in [1.29, 1.82) is 0 Å². The highest BCUT2D eigenvalue weighted by molar-refractivity contribution is 6.03. The molecule has 0 spiro atoms. The summed E-state index contributed by atoms with van der Waals surface area (Å²) in [4.78, 5) is 0. The summed E-state index contributed by atoms with van der Waals surface area (Å²) >= 11 is 0. The molecule has 794 valence electrons. The lowest BCUT2D eigenvalue weighted by atomic mass is 9.86. The topological polar surface area (TPSA) is 171 Å². The van der Waals surface area contributed by atoms with E-state index in [4.69, 9.17) is 61.9 Å². The van der Waals surface area contributed by atoms with E-state index in [0.717, 1.165) is 80.7 Å². The van der Waals surface area contributed by atoms with Gasteiger partial charge < -0.3 is 72.2 Å². The molecule has 3 heterocycles. The van der Waals surface area contributed by atoms with E-state index in [1.807, 2.05) is 85.0 Å². The second-order valence-corrected chi connectivity index (χ2v) is 37.5. The monoisotopic (exact) mass is 2090 g/mol. The first-order valence-electron chi connectivity index (χ1n) is 49.5. The van der Waals surface area contributed by atoms with Crippen LogP contribution in [0.3, 0.4) is 0 Å². The van der Waals surface area contributed by atoms with Gasteiger partial charge in [-0.15, -0.1) is 0 Å². The van der Waals surface area contributed by atoms with Gasteiger partial charge in [0.2, 0.25) is 20.4 Å². The van der Waals surface area contributed by atoms with Crippen LogP contribution in [0.4, 0.5) is 79.0 Å². The lowest BCUT2D eigenvalue weighted by molar-refractivity contribution is -0.0696. The van der Waals surface area contributed by atoms with Crippen molar-refractivity contribution in [3.63, 3.8) is 0 Å². The summed E-state index contributed by atoms with van der Waals surface area (Å²) in [5.74, 6) is 4.80. The molecule has 0 unspecified atom stereocenters. The van der Waals surface area contributed by atoms with Gasteiger partial charge in [-0.2, -0.15) is 79.0 Å². The molecule has 15 nitrogen and oxygen atoms in total. The highest BCUT2D eigenvalue weighted by Crippen LogP contribution is 2.57. The molecular formula is C116H114F18O15. The number of unbranched alkanes of at least 4 members (excludes halogenated alkanes) is 4. The number of rotatable bonds is 26. The van der Waals surface area contributed by atoms with Crippen LogP contribution >= 0.6 is 0 Å². The van der Waals surface area contributed by atoms with Crippen molar-refractivity contribution >= 4 is 66.9 Å². The number of benzene rings is 8. The minimum Gasteiger partial charge on any atom is -0.504 e. The van der Waals surface area contributed by atoms with E-state index in [-0.39, 0.29) is 89.4 Å². The van der Waals surface area contributed by atoms with E-state index in [1.54, 1.807) is 36.4 Å². The van der Waals surface area contributed by atoms with Gasteiger partial charge in [-0.05, 0) is 290 Å². The second kappa shape index (κ2) is 48.7. The van der Waals surface area contributed by atoms with Crippen LogP contribution in [-0.4, -0.2) is 121 Å². The minimum absolute atomic E-state index is 0.0599. The molecule has 0 atom stereocenters. The Hall–Kier alpha value is -13.1. The first kappa shape index (κ1) is 110. The molecule has 20 rings (SSSR count). The number of phenolic OH excluding ortho intramolecular Hbond substituents is 2. The van der Waals surface area contributed by atoms with Crippen molar-refractivity contribution in [3.05, 3.63) is 284 Å². The number of halogens is 18. The van der Waals surface area contributed by atoms with Gasteiger partial charge in [-0.3, -0.25) is 0 Å². The summed E-state index contributed by atoms with van der Waals surface area (Å²) in [5.41, 5.74) is 5.19. The highest BCUT2D eigenvalue weighted by atomic mass is 19.4. The number of methoxy groups -OCH3 is 4. The van der Waals surface area contributed by atoms with Crippen LogP contribution in [0.25, 0.3) is 66.9 Å². The molecule has 149 heavy (non-hydrogen) atoms. The second-order valence-electron chi connectivity index (χ2n) is 37.5. The maximum absolute atomic E-state index is 13.6. The van der Waals surface area contributed by atoms with Crippen LogP contribution in [0.1, 0.15) is 226 Å². The number of aliphatic hydroxyl groups excluding tert-OH is 1. The molecule has 0 amide bonds. The van der Waals surface area contributed by atoms with E-state index in [9.17, 15) is 89.2 Å². The highest BCUT2D eigenvalue weighted by Gasteiger charge is 2.47. The normalized spacial score (nSPS) is 18.3. The Morgan fingerprint density at radius 1 is 0.282 bits per heavy atom. The van der Waals surface area contributed by atoms with Gasteiger partial charge in [-0.1, -0.05) is 193 Å². The third kappa shape index (κ3) is 27.6. The molecular weight excluding hydrogens is 1980 g/mol. The number of allylic oxidation sites excluding steroid dienone is 22. The van der Waals surface area contributed by atoms with Crippen LogP contribution in [-0.2, 0) is 22.7 Å². The predicted molar refractivity (Wildman–Crippen MR) is 535 cm³/mol. The SMILES string of the molecule is COc1cc2c(cc1OC)/C(=C/CCOCc1ccccc1)C=C2C(F)(F)F.COc1cc2c(cc1OC)/C(=C\CCCCCCOCc1ccccc1)C=C2C(F)(F)F.FC(F)(F)C1=C/C(=C/CC2CCCC2)c2cc3c(cc21)OCO3.FC(F)(F)C1=C/C(=C\CC2CCCC2)c2cc3c(cc21)OCO3.FC(F)(F)C1=C/C(=C\CC2CCCCC2)c2cc3c(cc21)OCO3.OCC/C=C1\C=C(C(F)(F)F)c2cc(O)c(O)cc21. The third-order valence-corrected chi connectivity index (χ3v) is 27.6. The Kier molecular flexibility index (Phi) is 35.9. The first-order valence-corrected chi connectivity index (χ1v) is 49.5. The lowest BCUT2D eigenvalue weighted by Gasteiger charge is -2.20. The molecule has 0 radical (unpaired) electrons. The molecule has 33 heteroatoms. The number of aromatic hydroxyl groups is 2. The van der Waals surface area contributed by atoms with Crippen molar-refractivity contribution in [3.8, 4) is 69.0 Å². The van der Waals surface area contributed by atoms with E-state index >= 15 is 0 Å². The summed E-state index contributed by atoms with van der Waals surface area (Å²) in [6, 6.07) is 37.1. The molecule has 3 aliphatic heterocycles. The van der Waals surface area contributed by atoms with Gasteiger partial charge in [-0.25, -0.2) is 0 Å². The zero-order valence-electron chi connectivity index (χ0n) is 82.3. The molecule has 12 aliphatic rings. The van der Waals surface area contributed by atoms with Gasteiger partial charge in [0.1, 0.15) is 0 Å². The lowest BCUT2D eigenvalue weighted by Crippen LogP contribution is -2.09. The average Bonchev–Trinajstić information content (AvgIpc) is 1.61. The zero-order chi connectivity index (χ0) is 106. The summed E-state index contributed by atoms with van der Waals surface area (Å²) in [7, 11) is 5.75. The molecule has 9 aliphatic carbocycles. The number of ether oxygens (including phenoxy) is 12. The van der Waals surface area contributed by atoms with E-state index in [2.05, 4.69) is 0 Å². The van der Waals surface area contributed by atoms with Gasteiger partial charge in [0, 0.05) is 13.2 Å². The van der Waals surface area contributed by atoms with E-state index in [0.29, 0.717) is 152 Å². The fourth-order valence-corrected chi connectivity index (χ4v) is 20.0. The Morgan fingerprint density at radius 2 is 0.530 bits per heavy atom. The number of aliphatic hydroxyl groups is 1. The van der Waals surface area contributed by atoms with Crippen LogP contribution in [0.2, 0.25) is 0 Å². The summed E-state index contributed by atoms with van der Waals surface area (Å²) in [6.45, 7) is 2.21. The molecule has 0 saturated heterocycles. The summed E-state index contributed by atoms with van der Waals surface area (Å²) < 4.78 is 304. The fraction of sp³-hybridized carbons (Fsp3) is 0.379. The maximum atomic E-state index is 13.6. The molecule has 3 saturated carbocycles. The molecule has 0 aromatic heterocycles. The third-order valence-electron chi connectivity index (χ3n) is 27.6. The zero-order valence-corrected chi connectivity index (χ0v) is 82.3. The van der Waals surface area contributed by atoms with Crippen molar-refractivity contribution in [2.45, 2.75) is 198 Å². The van der Waals surface area contributed by atoms with Crippen molar-refractivity contribution in [2.24, 2.45) is 17.8 Å². The van der Waals surface area contributed by atoms with Crippen LogP contribution < -0.4 is 47.4 Å². The number of alkyl halides is 18. The van der Waals surface area contributed by atoms with Crippen LogP contribution in [0.15, 0.2) is 206 Å². The fourth-order valence-electron chi connectivity index (χ4n) is 20.0. The van der Waals surface area contributed by atoms with E-state index in [1.165, 1.54) is 179 Å². The van der Waals surface area contributed by atoms with Crippen molar-refractivity contribution in [2.75, 3.05) is 68.6 Å². The van der Waals surface area contributed by atoms with Crippen LogP contribution in [0, 0.1) is 17.8 Å². The van der Waals surface area contributed by atoms with E-state index < -0.39 is 82.0 Å². The Bertz CT molecular complexity index is 6380. The standard InChI is InChI=1S/C26H29F3O3.C22H21F3O3.C19H19F3O2.2C18H17F3O2.C13H11F3O3/c1-30-24-16-21-20(15-23(26(27,28)29)22(21)17-25(24)31-2)13-9-4-3-5-10-14-32-18-19-11-7-6-8-12-19;1-26-20-12-17-16(9-6-10-28-14-15-7-4-3-5-8-15)11-19(22(23,24)25)18(17)13-21(20)27-2;20-19(21,22)16-8-13(7-6-12-4-2-1-3-5-12)14-9-17-18(10-15(14)16)24-11-23-17;2*19-18(20,21)15-7-12(6-5-11-3-1-2-4-11)13-8-16-17(9-14(13)15)23-10-22-16;14-13(15,16)10-4-7(2-1-3-17)8-5-11(18)12(19)6-9(8)10/h6-8,11-13,15-17H,3-5,9-10,14,18H2,1-2H3;3-5,7-9,11-13H,6,10,14H2,1-2H3;7-10,12H,1-6,11H2;2*6-9,11H,1-5,10H2;2,4-6,17-19H,1,3H2/b20-13-;16-9+;13-7+;12-6+;12-6-;7-2+. The minimum atomic E-state index is -4.55. The average molecular weight is 2090 g/mol. The maximum Gasteiger partial charge on any atom is 0.417 e. The number of phenols is 2. The smallest absolute Gasteiger partial charge is 0.417 e. The van der Waals surface area contributed by atoms with Gasteiger partial charge in [0.15, 0.2) is 69.0 Å². The largest absolute Gasteiger partial charge is 0.504 e. The molecule has 8 aromatic rings. The molecule has 3 fully saturated rings. The molecule has 8 aromatic carbocycles. The number of hydrogen-bond acceptors (Lipinski definition) is 15. The first-order chi connectivity index (χ1) is 71.3. The Morgan fingerprint density at radius 3 is 0.846 bits per heavy atom. The predicted octanol–water partition coefficient (Wildman–Crippen LogP) is 32.1. The Balaban J connectivity index is 0.000000135. The van der Waals surface area contributed by atoms with Crippen molar-refractivity contribution < 1.29 is 151 Å². The van der Waals surface area contributed by atoms with Gasteiger partial charge >= 0.3 is 37.1 Å². The Labute approximate surface area is 851 Å².